The second-order valence-corrected chi connectivity index (χ2v) is 8.92. The van der Waals surface area contributed by atoms with E-state index in [1.54, 1.807) is 0 Å². The lowest BCUT2D eigenvalue weighted by Crippen LogP contribution is -2.09. The fourth-order valence-corrected chi connectivity index (χ4v) is 5.74. The lowest BCUT2D eigenvalue weighted by atomic mass is 9.99. The molecule has 1 aliphatic carbocycles. The van der Waals surface area contributed by atoms with Crippen molar-refractivity contribution in [3.63, 3.8) is 0 Å². The van der Waals surface area contributed by atoms with Crippen molar-refractivity contribution in [3.05, 3.63) is 29.5 Å². The second-order valence-electron chi connectivity index (χ2n) is 4.91. The predicted octanol–water partition coefficient (Wildman–Crippen LogP) is 3.69. The number of hydrogen-bond donors (Lipinski definition) is 0. The number of benzene rings is 1. The molecule has 106 valence electrons. The molecule has 1 heterocycles. The van der Waals surface area contributed by atoms with Gasteiger partial charge in [-0.15, -0.1) is 37.0 Å². The van der Waals surface area contributed by atoms with E-state index in [4.69, 9.17) is 8.39 Å². The van der Waals surface area contributed by atoms with Crippen LogP contribution in [0.2, 0.25) is 0 Å². The lowest BCUT2D eigenvalue weighted by molar-refractivity contribution is 0.598. The summed E-state index contributed by atoms with van der Waals surface area (Å²) in [6.45, 7) is 2.00. The number of aryl methyl sites for hydroxylation is 1. The third kappa shape index (κ3) is 2.80. The highest BCUT2D eigenvalue weighted by molar-refractivity contribution is 7.35. The van der Waals surface area contributed by atoms with Crippen LogP contribution in [0.15, 0.2) is 26.6 Å². The average Bonchev–Trinajstić information content (AvgIpc) is 2.48. The molecule has 1 aromatic heterocycles. The molecule has 0 fully saturated rings. The normalized spacial score (nSPS) is 18.8. The Morgan fingerprint density at radius 2 is 1.95 bits per heavy atom. The third-order valence-corrected chi connectivity index (χ3v) is 5.80. The Morgan fingerprint density at radius 1 is 1.20 bits per heavy atom. The highest BCUT2D eigenvalue weighted by Crippen LogP contribution is 2.40. The lowest BCUT2D eigenvalue weighted by Gasteiger charge is -2.17. The van der Waals surface area contributed by atoms with Crippen LogP contribution in [-0.2, 0) is 13.1 Å². The fraction of sp³-hybridized carbons (Fsp3) is 0.231. The Kier molecular flexibility index (Phi) is 4.45. The van der Waals surface area contributed by atoms with Crippen LogP contribution in [0.5, 0.6) is 0 Å². The van der Waals surface area contributed by atoms with Crippen molar-refractivity contribution in [2.24, 2.45) is 6.66 Å². The first kappa shape index (κ1) is 15.2. The Bertz CT molecular complexity index is 763. The first-order valence-corrected chi connectivity index (χ1v) is 10.2. The largest absolute Gasteiger partial charge is 0.419 e. The van der Waals surface area contributed by atoms with Gasteiger partial charge in [-0.05, 0) is 29.5 Å². The summed E-state index contributed by atoms with van der Waals surface area (Å²) in [5.74, 6) is 0.973. The molecule has 0 radical (unpaired) electrons. The van der Waals surface area contributed by atoms with Crippen molar-refractivity contribution < 1.29 is 8.39 Å². The minimum absolute atomic E-state index is 0.431. The van der Waals surface area contributed by atoms with Crippen LogP contribution < -0.4 is 10.6 Å². The topological polar surface area (TPSA) is 26.3 Å². The highest BCUT2D eigenvalue weighted by atomic mass is 31.1. The molecule has 2 aromatic rings. The van der Waals surface area contributed by atoms with Crippen molar-refractivity contribution in [2.75, 3.05) is 0 Å². The summed E-state index contributed by atoms with van der Waals surface area (Å²) in [5, 5.41) is 4.52. The van der Waals surface area contributed by atoms with Crippen LogP contribution in [-0.4, -0.2) is 5.66 Å². The van der Waals surface area contributed by atoms with Gasteiger partial charge in [0.1, 0.15) is 11.3 Å². The standard InChI is InChI=1S/C13H17O2P5/c1-20-14-12-8(2-6(16)4-10(12)18)9-3-7(17)5-11(19)13(9)15-20/h2,4-5,7H,3,16-19H2,1H3. The molecular formula is C13H17O2P5. The molecule has 0 spiro atoms. The second kappa shape index (κ2) is 5.84. The summed E-state index contributed by atoms with van der Waals surface area (Å²) >= 11 is 0. The van der Waals surface area contributed by atoms with E-state index >= 15 is 0 Å². The van der Waals surface area contributed by atoms with E-state index < -0.39 is 8.01 Å². The minimum atomic E-state index is -0.954. The molecule has 2 nitrogen and oxygen atoms in total. The molecule has 1 aromatic carbocycles. The first-order valence-electron chi connectivity index (χ1n) is 6.21. The van der Waals surface area contributed by atoms with E-state index in [1.807, 2.05) is 6.66 Å². The molecule has 1 aliphatic rings. The molecule has 6 unspecified atom stereocenters. The number of hydrogen-bond acceptors (Lipinski definition) is 2. The summed E-state index contributed by atoms with van der Waals surface area (Å²) in [4.78, 5) is 0. The summed E-state index contributed by atoms with van der Waals surface area (Å²) in [7, 11) is 10.3. The van der Waals surface area contributed by atoms with Gasteiger partial charge in [0.2, 0.25) is 8.01 Å². The number of fused-ring (bicyclic) bond motifs is 3. The molecule has 3 rings (SSSR count). The van der Waals surface area contributed by atoms with Gasteiger partial charge in [-0.3, -0.25) is 0 Å². The van der Waals surface area contributed by atoms with E-state index in [2.05, 4.69) is 55.2 Å². The molecule has 0 saturated carbocycles. The predicted molar refractivity (Wildman–Crippen MR) is 103 cm³/mol. The Labute approximate surface area is 128 Å². The summed E-state index contributed by atoms with van der Waals surface area (Å²) < 4.78 is 12.1. The van der Waals surface area contributed by atoms with Crippen LogP contribution in [0, 0.1) is 0 Å². The van der Waals surface area contributed by atoms with Crippen LogP contribution >= 0.6 is 45.0 Å². The van der Waals surface area contributed by atoms with E-state index in [1.165, 1.54) is 5.56 Å². The molecule has 0 bridgehead atoms. The van der Waals surface area contributed by atoms with E-state index in [9.17, 15) is 0 Å². The maximum Gasteiger partial charge on any atom is 0.213 e. The molecular weight excluding hydrogens is 343 g/mol. The first-order chi connectivity index (χ1) is 9.45. The zero-order valence-electron chi connectivity index (χ0n) is 11.1. The molecule has 6 atom stereocenters. The Morgan fingerprint density at radius 3 is 2.70 bits per heavy atom. The maximum atomic E-state index is 6.06. The van der Waals surface area contributed by atoms with Gasteiger partial charge in [-0.25, -0.2) is 0 Å². The van der Waals surface area contributed by atoms with Gasteiger partial charge in [0.15, 0.2) is 0 Å². The molecule has 0 amide bonds. The van der Waals surface area contributed by atoms with Crippen LogP contribution in [0.1, 0.15) is 11.3 Å². The molecule has 0 aliphatic heterocycles. The van der Waals surface area contributed by atoms with Gasteiger partial charge < -0.3 is 8.39 Å². The van der Waals surface area contributed by atoms with Crippen molar-refractivity contribution in [3.8, 4) is 0 Å². The third-order valence-electron chi connectivity index (χ3n) is 3.27. The summed E-state index contributed by atoms with van der Waals surface area (Å²) in [6, 6.07) is 4.27. The summed E-state index contributed by atoms with van der Waals surface area (Å²) in [5.41, 5.74) is 2.61. The van der Waals surface area contributed by atoms with E-state index in [-0.39, 0.29) is 0 Å². The SMILES string of the molecule is Cp1oc2c(c3cc(P)cc(P)c3o1)CC(P)C=C2P. The maximum absolute atomic E-state index is 6.06. The van der Waals surface area contributed by atoms with Crippen molar-refractivity contribution in [1.29, 1.82) is 0 Å². The van der Waals surface area contributed by atoms with Crippen molar-refractivity contribution in [2.45, 2.75) is 12.1 Å². The molecule has 0 N–H and O–H groups in total. The Balaban J connectivity index is 2.51. The average molecular weight is 360 g/mol. The zero-order chi connectivity index (χ0) is 14.4. The van der Waals surface area contributed by atoms with Crippen LogP contribution in [0.25, 0.3) is 16.3 Å². The van der Waals surface area contributed by atoms with Crippen LogP contribution in [0.4, 0.5) is 0 Å². The molecule has 20 heavy (non-hydrogen) atoms. The monoisotopic (exact) mass is 360 g/mol. The van der Waals surface area contributed by atoms with Gasteiger partial charge in [-0.2, -0.15) is 0 Å². The van der Waals surface area contributed by atoms with Crippen molar-refractivity contribution in [1.82, 2.24) is 0 Å². The van der Waals surface area contributed by atoms with E-state index in [0.717, 1.165) is 39.1 Å². The number of allylic oxidation sites excluding steroid dienone is 1. The Hall–Kier alpha value is 0.320. The number of rotatable bonds is 0. The van der Waals surface area contributed by atoms with Gasteiger partial charge in [0.25, 0.3) is 0 Å². The zero-order valence-corrected chi connectivity index (χ0v) is 16.6. The smallest absolute Gasteiger partial charge is 0.213 e. The van der Waals surface area contributed by atoms with Gasteiger partial charge >= 0.3 is 0 Å². The van der Waals surface area contributed by atoms with E-state index in [0.29, 0.717) is 5.66 Å². The van der Waals surface area contributed by atoms with Crippen LogP contribution in [0.3, 0.4) is 0 Å². The van der Waals surface area contributed by atoms with Gasteiger partial charge in [-0.1, -0.05) is 6.08 Å². The fourth-order valence-electron chi connectivity index (χ4n) is 2.48. The van der Waals surface area contributed by atoms with Gasteiger partial charge in [0.05, 0.1) is 0 Å². The quantitative estimate of drug-likeness (QED) is 0.670. The highest BCUT2D eigenvalue weighted by Gasteiger charge is 2.20. The molecule has 7 heteroatoms. The van der Waals surface area contributed by atoms with Crippen molar-refractivity contribution >= 4 is 71.9 Å². The molecule has 0 saturated heterocycles. The van der Waals surface area contributed by atoms with Gasteiger partial charge in [0, 0.05) is 28.2 Å². The minimum Gasteiger partial charge on any atom is -0.419 e. The summed E-state index contributed by atoms with van der Waals surface area (Å²) in [6.07, 6.45) is 3.17.